The number of hydrogen-bond acceptors (Lipinski definition) is 9. The van der Waals surface area contributed by atoms with Crippen LogP contribution in [0.25, 0.3) is 5.57 Å². The van der Waals surface area contributed by atoms with Crippen molar-refractivity contribution in [2.24, 2.45) is 0 Å². The summed E-state index contributed by atoms with van der Waals surface area (Å²) in [6.07, 6.45) is -0.679. The number of aromatic nitrogens is 3. The Hall–Kier alpha value is -4.26. The molecule has 40 heavy (non-hydrogen) atoms. The molecule has 0 aliphatic heterocycles. The van der Waals surface area contributed by atoms with Crippen molar-refractivity contribution in [2.45, 2.75) is 39.3 Å². The molecule has 1 atom stereocenters. The summed E-state index contributed by atoms with van der Waals surface area (Å²) in [5.74, 6) is -1.94. The van der Waals surface area contributed by atoms with Crippen molar-refractivity contribution in [3.63, 3.8) is 0 Å². The SMILES string of the molecule is COC(C)OCN(C(=O)OCc1ccccc1)n1ncc(C(C(=O)O)=C(Cl)CCC(=O)OCc2ccccc2)n1. The van der Waals surface area contributed by atoms with E-state index in [9.17, 15) is 19.5 Å². The third-order valence-corrected chi connectivity index (χ3v) is 5.79. The highest BCUT2D eigenvalue weighted by Gasteiger charge is 2.25. The Bertz CT molecular complexity index is 1300. The van der Waals surface area contributed by atoms with Crippen molar-refractivity contribution < 1.29 is 38.4 Å². The van der Waals surface area contributed by atoms with Crippen LogP contribution in [0.3, 0.4) is 0 Å². The van der Waals surface area contributed by atoms with Crippen LogP contribution in [0.4, 0.5) is 4.79 Å². The molecule has 0 saturated heterocycles. The fraction of sp³-hybridized carbons (Fsp3) is 0.296. The Morgan fingerprint density at radius 2 is 1.57 bits per heavy atom. The topological polar surface area (TPSA) is 142 Å². The number of nitrogens with zero attached hydrogens (tertiary/aromatic N) is 4. The molecule has 1 heterocycles. The standard InChI is InChI=1S/C27H29ClN4O8/c1-19(37-2)40-18-31(27(36)39-17-21-11-7-4-8-12-21)32-29-15-23(30-32)25(26(34)35)22(28)13-14-24(33)38-16-20-9-5-3-6-10-20/h3-12,15,19H,13-14,16-18H2,1-2H3,(H,34,35). The molecule has 0 saturated carbocycles. The largest absolute Gasteiger partial charge is 0.478 e. The molecule has 0 fully saturated rings. The van der Waals surface area contributed by atoms with E-state index >= 15 is 0 Å². The number of allylic oxidation sites excluding steroid dienone is 1. The van der Waals surface area contributed by atoms with Gasteiger partial charge in [0.2, 0.25) is 0 Å². The third-order valence-electron chi connectivity index (χ3n) is 5.41. The highest BCUT2D eigenvalue weighted by atomic mass is 35.5. The number of carboxylic acids is 1. The fourth-order valence-electron chi connectivity index (χ4n) is 3.21. The van der Waals surface area contributed by atoms with Gasteiger partial charge in [-0.15, -0.1) is 10.2 Å². The van der Waals surface area contributed by atoms with Gasteiger partial charge in [-0.2, -0.15) is 5.01 Å². The van der Waals surface area contributed by atoms with Crippen molar-refractivity contribution >= 4 is 35.2 Å². The van der Waals surface area contributed by atoms with Gasteiger partial charge in [0, 0.05) is 12.1 Å². The van der Waals surface area contributed by atoms with Crippen LogP contribution in [0.15, 0.2) is 71.9 Å². The van der Waals surface area contributed by atoms with Gasteiger partial charge in [-0.3, -0.25) is 4.79 Å². The molecule has 13 heteroatoms. The summed E-state index contributed by atoms with van der Waals surface area (Å²) >= 11 is 6.30. The summed E-state index contributed by atoms with van der Waals surface area (Å²) in [6.45, 7) is 1.30. The van der Waals surface area contributed by atoms with Gasteiger partial charge in [0.15, 0.2) is 13.0 Å². The lowest BCUT2D eigenvalue weighted by molar-refractivity contribution is -0.145. The zero-order chi connectivity index (χ0) is 28.9. The first-order chi connectivity index (χ1) is 19.3. The number of aliphatic carboxylic acids is 1. The van der Waals surface area contributed by atoms with Crippen LogP contribution >= 0.6 is 11.6 Å². The lowest BCUT2D eigenvalue weighted by atomic mass is 10.1. The second-order valence-electron chi connectivity index (χ2n) is 8.27. The minimum absolute atomic E-state index is 0.0311. The number of ether oxygens (including phenoxy) is 4. The first-order valence-corrected chi connectivity index (χ1v) is 12.5. The second kappa shape index (κ2) is 15.4. The second-order valence-corrected chi connectivity index (χ2v) is 8.72. The molecule has 0 aliphatic carbocycles. The predicted molar refractivity (Wildman–Crippen MR) is 143 cm³/mol. The number of carboxylic acid groups (broad SMARTS) is 1. The minimum atomic E-state index is -1.39. The molecule has 2 aromatic carbocycles. The van der Waals surface area contributed by atoms with Gasteiger partial charge in [-0.25, -0.2) is 9.59 Å². The maximum atomic E-state index is 12.9. The van der Waals surface area contributed by atoms with Crippen molar-refractivity contribution in [1.82, 2.24) is 15.1 Å². The monoisotopic (exact) mass is 572 g/mol. The number of carbonyl (C=O) groups is 3. The summed E-state index contributed by atoms with van der Waals surface area (Å²) in [5.41, 5.74) is 1.04. The van der Waals surface area contributed by atoms with Gasteiger partial charge in [0.1, 0.15) is 24.5 Å². The first-order valence-electron chi connectivity index (χ1n) is 12.2. The Morgan fingerprint density at radius 3 is 2.15 bits per heavy atom. The van der Waals surface area contributed by atoms with Gasteiger partial charge in [-0.05, 0) is 24.5 Å². The molecule has 0 bridgehead atoms. The Balaban J connectivity index is 1.71. The van der Waals surface area contributed by atoms with E-state index in [4.69, 9.17) is 30.5 Å². The fourth-order valence-corrected chi connectivity index (χ4v) is 3.48. The van der Waals surface area contributed by atoms with Crippen LogP contribution in [0.5, 0.6) is 0 Å². The van der Waals surface area contributed by atoms with Crippen molar-refractivity contribution in [2.75, 3.05) is 18.8 Å². The molecule has 0 aliphatic rings. The molecule has 212 valence electrons. The minimum Gasteiger partial charge on any atom is -0.478 e. The molecule has 3 rings (SSSR count). The van der Waals surface area contributed by atoms with E-state index in [0.29, 0.717) is 0 Å². The highest BCUT2D eigenvalue weighted by Crippen LogP contribution is 2.24. The predicted octanol–water partition coefficient (Wildman–Crippen LogP) is 4.08. The van der Waals surface area contributed by atoms with E-state index in [0.717, 1.165) is 27.2 Å². The van der Waals surface area contributed by atoms with Gasteiger partial charge < -0.3 is 24.1 Å². The van der Waals surface area contributed by atoms with Gasteiger partial charge >= 0.3 is 18.0 Å². The maximum Gasteiger partial charge on any atom is 0.434 e. The number of rotatable bonds is 14. The van der Waals surface area contributed by atoms with E-state index in [1.807, 2.05) is 36.4 Å². The molecule has 12 nitrogen and oxygen atoms in total. The molecule has 1 N–H and O–H groups in total. The number of halogens is 1. The van der Waals surface area contributed by atoms with Crippen LogP contribution in [0.1, 0.15) is 36.6 Å². The van der Waals surface area contributed by atoms with E-state index in [-0.39, 0.29) is 49.1 Å². The number of esters is 1. The van der Waals surface area contributed by atoms with Crippen molar-refractivity contribution in [3.05, 3.63) is 88.7 Å². The first kappa shape index (κ1) is 30.3. The number of hydrogen-bond donors (Lipinski definition) is 1. The van der Waals surface area contributed by atoms with Gasteiger partial charge in [0.05, 0.1) is 12.6 Å². The molecular formula is C27H29ClN4O8. The zero-order valence-corrected chi connectivity index (χ0v) is 22.7. The van der Waals surface area contributed by atoms with E-state index in [1.54, 1.807) is 31.2 Å². The highest BCUT2D eigenvalue weighted by molar-refractivity contribution is 6.38. The Morgan fingerprint density at radius 1 is 0.975 bits per heavy atom. The molecule has 1 unspecified atom stereocenters. The molecule has 3 aromatic rings. The summed E-state index contributed by atoms with van der Waals surface area (Å²) < 4.78 is 21.1. The average Bonchev–Trinajstić information content (AvgIpc) is 3.43. The lowest BCUT2D eigenvalue weighted by Crippen LogP contribution is -2.45. The smallest absolute Gasteiger partial charge is 0.434 e. The van der Waals surface area contributed by atoms with Crippen LogP contribution in [0.2, 0.25) is 0 Å². The van der Waals surface area contributed by atoms with E-state index in [1.165, 1.54) is 7.11 Å². The molecule has 1 amide bonds. The number of carbonyl (C=O) groups excluding carboxylic acids is 2. The van der Waals surface area contributed by atoms with Crippen LogP contribution in [0, 0.1) is 0 Å². The number of benzene rings is 2. The van der Waals surface area contributed by atoms with Crippen molar-refractivity contribution in [1.29, 1.82) is 0 Å². The maximum absolute atomic E-state index is 12.9. The molecular weight excluding hydrogens is 544 g/mol. The number of methoxy groups -OCH3 is 1. The molecule has 0 radical (unpaired) electrons. The quantitative estimate of drug-likeness (QED) is 0.170. The van der Waals surface area contributed by atoms with E-state index < -0.39 is 24.3 Å². The summed E-state index contributed by atoms with van der Waals surface area (Å²) in [7, 11) is 1.43. The summed E-state index contributed by atoms with van der Waals surface area (Å²) in [4.78, 5) is 37.9. The zero-order valence-electron chi connectivity index (χ0n) is 21.9. The Kier molecular flexibility index (Phi) is 11.6. The van der Waals surface area contributed by atoms with Crippen LogP contribution < -0.4 is 5.01 Å². The van der Waals surface area contributed by atoms with Gasteiger partial charge in [0.25, 0.3) is 0 Å². The van der Waals surface area contributed by atoms with Crippen LogP contribution in [-0.2, 0) is 41.8 Å². The normalized spacial score (nSPS) is 12.3. The average molecular weight is 573 g/mol. The van der Waals surface area contributed by atoms with E-state index in [2.05, 4.69) is 10.2 Å². The summed E-state index contributed by atoms with van der Waals surface area (Å²) in [6, 6.07) is 18.1. The molecule has 1 aromatic heterocycles. The van der Waals surface area contributed by atoms with Crippen LogP contribution in [-0.4, -0.2) is 58.4 Å². The molecule has 0 spiro atoms. The lowest BCUT2D eigenvalue weighted by Gasteiger charge is -2.21. The Labute approximate surface area is 235 Å². The third kappa shape index (κ3) is 9.19. The summed E-state index contributed by atoms with van der Waals surface area (Å²) in [5, 5.41) is 18.7. The van der Waals surface area contributed by atoms with Crippen molar-refractivity contribution in [3.8, 4) is 0 Å². The van der Waals surface area contributed by atoms with Gasteiger partial charge in [-0.1, -0.05) is 77.2 Å². The number of amides is 1.